The van der Waals surface area contributed by atoms with E-state index >= 15 is 0 Å². The monoisotopic (exact) mass is 384 g/mol. The molecule has 1 saturated carbocycles. The van der Waals surface area contributed by atoms with Crippen LogP contribution in [-0.4, -0.2) is 20.7 Å². The van der Waals surface area contributed by atoms with Crippen molar-refractivity contribution < 1.29 is 14.5 Å². The van der Waals surface area contributed by atoms with Gasteiger partial charge < -0.3 is 0 Å². The first kappa shape index (κ1) is 14.0. The van der Waals surface area contributed by atoms with Crippen molar-refractivity contribution in [2.24, 2.45) is 17.8 Å². The third-order valence-electron chi connectivity index (χ3n) is 4.40. The van der Waals surface area contributed by atoms with Gasteiger partial charge in [-0.05, 0) is 6.42 Å². The van der Waals surface area contributed by atoms with Crippen molar-refractivity contribution in [1.82, 2.24) is 0 Å². The van der Waals surface area contributed by atoms with E-state index in [0.717, 1.165) is 0 Å². The molecule has 0 spiro atoms. The number of ether oxygens (including phenoxy) is 1. The number of rotatable bonds is 0. The first-order valence-electron chi connectivity index (χ1n) is 5.58. The average Bonchev–Trinajstić information content (AvgIpc) is 2.82. The highest BCUT2D eigenvalue weighted by atomic mass is 35.5. The Morgan fingerprint density at radius 1 is 1.11 bits per heavy atom. The van der Waals surface area contributed by atoms with E-state index < -0.39 is 26.7 Å². The topological polar surface area (TPSA) is 27.7 Å². The Labute approximate surface area is 138 Å². The maximum absolute atomic E-state index is 6.65. The molecule has 3 fully saturated rings. The van der Waals surface area contributed by atoms with Gasteiger partial charge in [-0.25, -0.2) is 0 Å². The van der Waals surface area contributed by atoms with Crippen LogP contribution in [0.5, 0.6) is 0 Å². The number of allylic oxidation sites excluding steroid dienone is 1. The zero-order chi connectivity index (χ0) is 13.8. The summed E-state index contributed by atoms with van der Waals surface area (Å²) < 4.78 is 5.50. The summed E-state index contributed by atoms with van der Waals surface area (Å²) in [6.07, 6.45) is 0.608. The fraction of sp³-hybridized carbons (Fsp3) is 0.800. The summed E-state index contributed by atoms with van der Waals surface area (Å²) >= 11 is 38.3. The normalized spacial score (nSPS) is 62.8. The minimum Gasteiger partial charge on any atom is -0.284 e. The first-order valence-corrected chi connectivity index (χ1v) is 7.91. The number of alkyl halides is 4. The Balaban J connectivity index is 2.00. The molecule has 4 bridgehead atoms. The van der Waals surface area contributed by atoms with E-state index in [1.165, 1.54) is 0 Å². The van der Waals surface area contributed by atoms with Crippen molar-refractivity contribution in [3.63, 3.8) is 0 Å². The van der Waals surface area contributed by atoms with Gasteiger partial charge in [-0.3, -0.25) is 4.74 Å². The molecule has 0 aromatic rings. The molecule has 0 aromatic carbocycles. The molecule has 2 aliphatic heterocycles. The van der Waals surface area contributed by atoms with E-state index in [2.05, 4.69) is 0 Å². The molecule has 106 valence electrons. The summed E-state index contributed by atoms with van der Waals surface area (Å²) in [5.41, 5.74) is 0. The van der Waals surface area contributed by atoms with Gasteiger partial charge in [0.05, 0.1) is 16.3 Å². The second-order valence-electron chi connectivity index (χ2n) is 5.18. The van der Waals surface area contributed by atoms with Gasteiger partial charge in [-0.1, -0.05) is 46.4 Å². The lowest BCUT2D eigenvalue weighted by molar-refractivity contribution is -0.318. The first-order chi connectivity index (χ1) is 8.75. The molecule has 19 heavy (non-hydrogen) atoms. The molecular weight excluding hydrogens is 381 g/mol. The van der Waals surface area contributed by atoms with E-state index in [0.29, 0.717) is 11.5 Å². The standard InChI is InChI=1S/C10H6Cl6O3/c11-5-2-1-3-4(5)9(15)17-10(16,19-18-9)8(3,14)7(13)6(2)12/h2-5H,1H2/t2-,3+,4+,5+,8+,9-,10+/m1/s1. The van der Waals surface area contributed by atoms with Gasteiger partial charge in [-0.15, -0.1) is 23.2 Å². The predicted molar refractivity (Wildman–Crippen MR) is 72.5 cm³/mol. The summed E-state index contributed by atoms with van der Waals surface area (Å²) in [4.78, 5) is 8.75. The highest BCUT2D eigenvalue weighted by molar-refractivity contribution is 6.48. The van der Waals surface area contributed by atoms with Gasteiger partial charge in [0.1, 0.15) is 0 Å². The number of halogens is 6. The Bertz CT molecular complexity index is 513. The van der Waals surface area contributed by atoms with Crippen LogP contribution in [0.1, 0.15) is 6.42 Å². The Kier molecular flexibility index (Phi) is 2.81. The molecule has 2 heterocycles. The molecule has 0 N–H and O–H groups in total. The number of fused-ring (bicyclic) bond motifs is 5. The summed E-state index contributed by atoms with van der Waals surface area (Å²) in [5.74, 6) is -0.819. The van der Waals surface area contributed by atoms with Crippen molar-refractivity contribution in [3.8, 4) is 0 Å². The van der Waals surface area contributed by atoms with Crippen LogP contribution in [0.15, 0.2) is 10.1 Å². The summed E-state index contributed by atoms with van der Waals surface area (Å²) in [7, 11) is 0. The third kappa shape index (κ3) is 1.37. The molecule has 0 unspecified atom stereocenters. The fourth-order valence-electron chi connectivity index (χ4n) is 3.54. The Morgan fingerprint density at radius 3 is 2.47 bits per heavy atom. The average molecular weight is 387 g/mol. The van der Waals surface area contributed by atoms with Gasteiger partial charge >= 0.3 is 5.25 Å². The molecule has 4 aliphatic rings. The minimum atomic E-state index is -1.82. The molecule has 3 nitrogen and oxygen atoms in total. The van der Waals surface area contributed by atoms with E-state index in [1.54, 1.807) is 0 Å². The second-order valence-corrected chi connectivity index (χ2v) is 8.09. The van der Waals surface area contributed by atoms with Crippen LogP contribution in [0.3, 0.4) is 0 Å². The molecule has 4 rings (SSSR count). The highest BCUT2D eigenvalue weighted by Crippen LogP contribution is 2.73. The van der Waals surface area contributed by atoms with Crippen molar-refractivity contribution in [1.29, 1.82) is 0 Å². The molecule has 7 atom stereocenters. The summed E-state index contributed by atoms with van der Waals surface area (Å²) in [6, 6.07) is 0. The van der Waals surface area contributed by atoms with Gasteiger partial charge in [0.15, 0.2) is 4.87 Å². The maximum Gasteiger partial charge on any atom is 0.306 e. The van der Waals surface area contributed by atoms with Gasteiger partial charge in [0, 0.05) is 16.9 Å². The largest absolute Gasteiger partial charge is 0.306 e. The molecule has 0 amide bonds. The third-order valence-corrected chi connectivity index (χ3v) is 7.79. The minimum absolute atomic E-state index is 0.139. The molecule has 2 aliphatic carbocycles. The quantitative estimate of drug-likeness (QED) is 0.459. The van der Waals surface area contributed by atoms with Crippen LogP contribution in [0.2, 0.25) is 0 Å². The van der Waals surface area contributed by atoms with Crippen LogP contribution < -0.4 is 0 Å². The maximum atomic E-state index is 6.65. The van der Waals surface area contributed by atoms with Crippen LogP contribution in [0, 0.1) is 17.8 Å². The number of hydrogen-bond donors (Lipinski definition) is 0. The van der Waals surface area contributed by atoms with Crippen LogP contribution in [0.25, 0.3) is 0 Å². The van der Waals surface area contributed by atoms with Gasteiger partial charge in [-0.2, -0.15) is 9.78 Å². The molecule has 2 saturated heterocycles. The smallest absolute Gasteiger partial charge is 0.284 e. The fourth-order valence-corrected chi connectivity index (χ4v) is 6.36. The Hall–Kier alpha value is 1.36. The van der Waals surface area contributed by atoms with E-state index in [9.17, 15) is 0 Å². The molecular formula is C10H6Cl6O3. The zero-order valence-electron chi connectivity index (χ0n) is 9.01. The van der Waals surface area contributed by atoms with Crippen LogP contribution >= 0.6 is 69.6 Å². The summed E-state index contributed by atoms with van der Waals surface area (Å²) in [5, 5.41) is -3.24. The van der Waals surface area contributed by atoms with Crippen LogP contribution in [0.4, 0.5) is 0 Å². The van der Waals surface area contributed by atoms with Gasteiger partial charge in [0.2, 0.25) is 0 Å². The highest BCUT2D eigenvalue weighted by Gasteiger charge is 2.81. The van der Waals surface area contributed by atoms with Crippen LogP contribution in [-0.2, 0) is 14.5 Å². The molecule has 9 heteroatoms. The van der Waals surface area contributed by atoms with Gasteiger partial charge in [0.25, 0.3) is 5.25 Å². The lowest BCUT2D eigenvalue weighted by Crippen LogP contribution is -2.61. The van der Waals surface area contributed by atoms with E-state index in [1.807, 2.05) is 0 Å². The van der Waals surface area contributed by atoms with Crippen molar-refractivity contribution >= 4 is 69.6 Å². The number of hydrogen-bond acceptors (Lipinski definition) is 3. The second kappa shape index (κ2) is 3.81. The van der Waals surface area contributed by atoms with Crippen molar-refractivity contribution in [3.05, 3.63) is 10.1 Å². The lowest BCUT2D eigenvalue weighted by Gasteiger charge is -2.48. The zero-order valence-corrected chi connectivity index (χ0v) is 13.5. The summed E-state index contributed by atoms with van der Waals surface area (Å²) in [6.45, 7) is 0. The molecule has 0 aromatic heterocycles. The Morgan fingerprint density at radius 2 is 1.79 bits per heavy atom. The van der Waals surface area contributed by atoms with E-state index in [4.69, 9.17) is 84.1 Å². The van der Waals surface area contributed by atoms with E-state index in [-0.39, 0.29) is 16.9 Å². The lowest BCUT2D eigenvalue weighted by atomic mass is 9.77. The van der Waals surface area contributed by atoms with Crippen molar-refractivity contribution in [2.75, 3.05) is 0 Å². The predicted octanol–water partition coefficient (Wildman–Crippen LogP) is 4.30. The van der Waals surface area contributed by atoms with Crippen molar-refractivity contribution in [2.45, 2.75) is 27.2 Å². The SMILES string of the molecule is ClC1=C(Cl)[C@@]2(Cl)[C@H]3C[C@@H]1[C@H](Cl)[C@H]3[C@]1(Cl)OO[C@@]2(Cl)O1. The molecule has 0 radical (unpaired) electrons.